The summed E-state index contributed by atoms with van der Waals surface area (Å²) in [4.78, 5) is 13.2. The van der Waals surface area contributed by atoms with E-state index in [9.17, 15) is 45.6 Å². The van der Waals surface area contributed by atoms with Crippen LogP contribution in [0.1, 0.15) is 6.92 Å². The normalized spacial score (nSPS) is 34.0. The van der Waals surface area contributed by atoms with E-state index in [1.807, 2.05) is 0 Å². The molecule has 1 aromatic heterocycles. The molecule has 2 saturated heterocycles. The summed E-state index contributed by atoms with van der Waals surface area (Å²) in [5, 5.41) is 81.3. The number of ether oxygens (including phenoxy) is 4. The van der Waals surface area contributed by atoms with Crippen LogP contribution in [0.2, 0.25) is 0 Å². The minimum absolute atomic E-state index is 0.00857. The topological polar surface area (TPSA) is 229 Å². The Morgan fingerprint density at radius 2 is 1.51 bits per heavy atom. The van der Waals surface area contributed by atoms with Crippen molar-refractivity contribution in [1.29, 1.82) is 0 Å². The third-order valence-electron chi connectivity index (χ3n) is 7.10. The van der Waals surface area contributed by atoms with Crippen molar-refractivity contribution in [1.82, 2.24) is 0 Å². The lowest BCUT2D eigenvalue weighted by Crippen LogP contribution is -2.64. The van der Waals surface area contributed by atoms with Crippen LogP contribution in [0.15, 0.2) is 51.7 Å². The van der Waals surface area contributed by atoms with Crippen molar-refractivity contribution in [2.45, 2.75) is 68.3 Å². The molecule has 2 aromatic carbocycles. The molecular formula is C27H30O14. The number of benzene rings is 2. The molecule has 0 amide bonds. The van der Waals surface area contributed by atoms with Crippen LogP contribution in [-0.4, -0.2) is 109 Å². The number of phenols is 2. The first-order valence-corrected chi connectivity index (χ1v) is 12.7. The maximum atomic E-state index is 13.2. The Hall–Kier alpha value is -3.31. The van der Waals surface area contributed by atoms with Gasteiger partial charge in [-0.3, -0.25) is 4.79 Å². The fourth-order valence-corrected chi connectivity index (χ4v) is 4.80. The van der Waals surface area contributed by atoms with Crippen molar-refractivity contribution in [3.63, 3.8) is 0 Å². The number of aliphatic hydroxyl groups excluding tert-OH is 6. The lowest BCUT2D eigenvalue weighted by molar-refractivity contribution is -0.354. The molecule has 8 N–H and O–H groups in total. The van der Waals surface area contributed by atoms with Crippen molar-refractivity contribution in [3.8, 4) is 28.6 Å². The number of rotatable bonds is 6. The SMILES string of the molecule is C[C@@H]1O[C@@H](O[C@H]2[C@H](Oc3cc(O)cc4oc(-c5ccc(O)cc5)cc(=O)c34)O[C@H](CO)[C@@H](O)[C@@H]2O)[C@H](O)[C@H](O)[C@H]1O. The van der Waals surface area contributed by atoms with E-state index >= 15 is 0 Å². The van der Waals surface area contributed by atoms with Crippen LogP contribution in [0.3, 0.4) is 0 Å². The molecule has 0 aliphatic carbocycles. The summed E-state index contributed by atoms with van der Waals surface area (Å²) in [6, 6.07) is 9.29. The molecular weight excluding hydrogens is 548 g/mol. The Kier molecular flexibility index (Phi) is 8.20. The van der Waals surface area contributed by atoms with Gasteiger partial charge < -0.3 is 64.2 Å². The summed E-state index contributed by atoms with van der Waals surface area (Å²) in [5.41, 5.74) is -0.207. The molecule has 3 aromatic rings. The Bertz CT molecular complexity index is 1420. The van der Waals surface area contributed by atoms with E-state index < -0.39 is 73.4 Å². The smallest absolute Gasteiger partial charge is 0.229 e. The van der Waals surface area contributed by atoms with E-state index in [0.717, 1.165) is 6.07 Å². The van der Waals surface area contributed by atoms with Crippen molar-refractivity contribution in [3.05, 3.63) is 52.7 Å². The Morgan fingerprint density at radius 1 is 0.805 bits per heavy atom. The molecule has 0 unspecified atom stereocenters. The number of hydrogen-bond donors (Lipinski definition) is 8. The highest BCUT2D eigenvalue weighted by atomic mass is 16.8. The van der Waals surface area contributed by atoms with Crippen LogP contribution in [0.4, 0.5) is 0 Å². The van der Waals surface area contributed by atoms with Crippen LogP contribution in [0.5, 0.6) is 17.2 Å². The summed E-state index contributed by atoms with van der Waals surface area (Å²) in [7, 11) is 0. The quantitative estimate of drug-likeness (QED) is 0.174. The van der Waals surface area contributed by atoms with Crippen LogP contribution < -0.4 is 10.2 Å². The van der Waals surface area contributed by atoms with Crippen LogP contribution in [0, 0.1) is 0 Å². The van der Waals surface area contributed by atoms with Crippen LogP contribution >= 0.6 is 0 Å². The summed E-state index contributed by atoms with van der Waals surface area (Å²) in [5.74, 6) is -0.498. The molecule has 2 fully saturated rings. The average molecular weight is 579 g/mol. The van der Waals surface area contributed by atoms with Gasteiger partial charge in [-0.2, -0.15) is 0 Å². The highest BCUT2D eigenvalue weighted by Gasteiger charge is 2.51. The molecule has 3 heterocycles. The molecule has 5 rings (SSSR count). The molecule has 14 heteroatoms. The van der Waals surface area contributed by atoms with Gasteiger partial charge in [-0.15, -0.1) is 0 Å². The monoisotopic (exact) mass is 578 g/mol. The van der Waals surface area contributed by atoms with Gasteiger partial charge in [-0.05, 0) is 31.2 Å². The van der Waals surface area contributed by atoms with Crippen molar-refractivity contribution < 1.29 is 64.2 Å². The number of fused-ring (bicyclic) bond motifs is 1. The lowest BCUT2D eigenvalue weighted by Gasteiger charge is -2.45. The van der Waals surface area contributed by atoms with Crippen molar-refractivity contribution in [2.24, 2.45) is 0 Å². The van der Waals surface area contributed by atoms with E-state index in [2.05, 4.69) is 0 Å². The number of phenolic OH excluding ortho intramolecular Hbond substituents is 2. The molecule has 0 spiro atoms. The highest BCUT2D eigenvalue weighted by molar-refractivity contribution is 5.86. The summed E-state index contributed by atoms with van der Waals surface area (Å²) < 4.78 is 28.4. The Balaban J connectivity index is 1.50. The minimum Gasteiger partial charge on any atom is -0.508 e. The van der Waals surface area contributed by atoms with Gasteiger partial charge in [-0.25, -0.2) is 0 Å². The van der Waals surface area contributed by atoms with Crippen LogP contribution in [-0.2, 0) is 14.2 Å². The zero-order valence-corrected chi connectivity index (χ0v) is 21.5. The standard InChI is InChI=1S/C27H30O14/c1-10-20(32)22(34)24(36)26(37-10)41-25-23(35)21(33)18(9-28)40-27(25)39-17-7-13(30)6-16-19(17)14(31)8-15(38-16)11-2-4-12(29)5-3-11/h2-8,10,18,20-30,32-36H,9H2,1H3/t10-,18+,20-,21+,22+,23-,24+,25+,26-,27+/m0/s1. The molecule has 0 bridgehead atoms. The maximum absolute atomic E-state index is 13.2. The summed E-state index contributed by atoms with van der Waals surface area (Å²) in [6.45, 7) is 0.674. The van der Waals surface area contributed by atoms with Crippen molar-refractivity contribution in [2.75, 3.05) is 6.61 Å². The zero-order valence-electron chi connectivity index (χ0n) is 21.5. The number of hydrogen-bond acceptors (Lipinski definition) is 14. The minimum atomic E-state index is -1.79. The Labute approximate surface area is 231 Å². The summed E-state index contributed by atoms with van der Waals surface area (Å²) in [6.07, 6.45) is -15.6. The van der Waals surface area contributed by atoms with Gasteiger partial charge in [-0.1, -0.05) is 0 Å². The second kappa shape index (κ2) is 11.5. The first-order chi connectivity index (χ1) is 19.5. The first kappa shape index (κ1) is 29.2. The van der Waals surface area contributed by atoms with Gasteiger partial charge in [0.05, 0.1) is 12.7 Å². The highest BCUT2D eigenvalue weighted by Crippen LogP contribution is 2.35. The lowest BCUT2D eigenvalue weighted by atomic mass is 9.97. The van der Waals surface area contributed by atoms with Gasteiger partial charge in [0, 0.05) is 23.8 Å². The molecule has 14 nitrogen and oxygen atoms in total. The average Bonchev–Trinajstić information content (AvgIpc) is 2.94. The second-order valence-corrected chi connectivity index (χ2v) is 9.95. The van der Waals surface area contributed by atoms with Gasteiger partial charge in [0.25, 0.3) is 0 Å². The van der Waals surface area contributed by atoms with E-state index in [4.69, 9.17) is 23.4 Å². The van der Waals surface area contributed by atoms with Gasteiger partial charge in [0.1, 0.15) is 70.6 Å². The predicted molar refractivity (Wildman–Crippen MR) is 137 cm³/mol. The largest absolute Gasteiger partial charge is 0.508 e. The zero-order chi connectivity index (χ0) is 29.6. The molecule has 0 radical (unpaired) electrons. The molecule has 0 saturated carbocycles. The fourth-order valence-electron chi connectivity index (χ4n) is 4.80. The maximum Gasteiger partial charge on any atom is 0.229 e. The second-order valence-electron chi connectivity index (χ2n) is 9.95. The van der Waals surface area contributed by atoms with E-state index in [1.165, 1.54) is 43.3 Å². The fraction of sp³-hybridized carbons (Fsp3) is 0.444. The molecule has 2 aliphatic heterocycles. The molecule has 41 heavy (non-hydrogen) atoms. The van der Waals surface area contributed by atoms with Crippen molar-refractivity contribution >= 4 is 11.0 Å². The van der Waals surface area contributed by atoms with Gasteiger partial charge in [0.2, 0.25) is 6.29 Å². The van der Waals surface area contributed by atoms with E-state index in [1.54, 1.807) is 0 Å². The molecule has 2 aliphatic rings. The first-order valence-electron chi connectivity index (χ1n) is 12.7. The number of aliphatic hydroxyl groups is 6. The molecule has 222 valence electrons. The van der Waals surface area contributed by atoms with Gasteiger partial charge >= 0.3 is 0 Å². The third-order valence-corrected chi connectivity index (χ3v) is 7.10. The number of aromatic hydroxyl groups is 2. The summed E-state index contributed by atoms with van der Waals surface area (Å²) >= 11 is 0. The molecule has 10 atom stereocenters. The van der Waals surface area contributed by atoms with Crippen LogP contribution in [0.25, 0.3) is 22.3 Å². The Morgan fingerprint density at radius 3 is 2.20 bits per heavy atom. The van der Waals surface area contributed by atoms with E-state index in [0.29, 0.717) is 5.56 Å². The third kappa shape index (κ3) is 5.61. The predicted octanol–water partition coefficient (Wildman–Crippen LogP) is -1.10. The van der Waals surface area contributed by atoms with E-state index in [-0.39, 0.29) is 34.0 Å². The van der Waals surface area contributed by atoms with Gasteiger partial charge in [0.15, 0.2) is 17.8 Å².